The minimum absolute atomic E-state index is 0.116. The first-order valence-electron chi connectivity index (χ1n) is 8.33. The largest absolute Gasteiger partial charge is 0.462 e. The Balaban J connectivity index is 1.79. The quantitative estimate of drug-likeness (QED) is 0.590. The summed E-state index contributed by atoms with van der Waals surface area (Å²) in [7, 11) is 0. The second-order valence-corrected chi connectivity index (χ2v) is 7.21. The molecule has 0 saturated heterocycles. The number of esters is 1. The number of hydrogen-bond donors (Lipinski definition) is 0. The van der Waals surface area contributed by atoms with Crippen molar-refractivity contribution >= 4 is 27.5 Å². The van der Waals surface area contributed by atoms with Crippen molar-refractivity contribution in [3.8, 4) is 0 Å². The summed E-state index contributed by atoms with van der Waals surface area (Å²) in [5.74, 6) is 0.198. The standard InChI is InChI=1S/C17H22N2O4S/c1-3-22-6-7-23-14(20)9-19-10-18-16-15(17(19)21)12-5-4-11(2)8-13(12)24-16/h10-11H,3-9H2,1-2H3. The van der Waals surface area contributed by atoms with Crippen LogP contribution in [0.2, 0.25) is 0 Å². The van der Waals surface area contributed by atoms with Gasteiger partial charge in [-0.15, -0.1) is 11.3 Å². The molecule has 1 aliphatic rings. The fourth-order valence-electron chi connectivity index (χ4n) is 3.02. The molecule has 2 heterocycles. The zero-order chi connectivity index (χ0) is 17.1. The maximum absolute atomic E-state index is 12.8. The molecule has 1 unspecified atom stereocenters. The highest BCUT2D eigenvalue weighted by molar-refractivity contribution is 7.18. The van der Waals surface area contributed by atoms with Crippen LogP contribution < -0.4 is 5.56 Å². The van der Waals surface area contributed by atoms with E-state index in [0.717, 1.165) is 29.7 Å². The normalized spacial score (nSPS) is 17.0. The monoisotopic (exact) mass is 350 g/mol. The molecule has 24 heavy (non-hydrogen) atoms. The van der Waals surface area contributed by atoms with Crippen LogP contribution in [0, 0.1) is 5.92 Å². The smallest absolute Gasteiger partial charge is 0.326 e. The van der Waals surface area contributed by atoms with E-state index in [-0.39, 0.29) is 18.7 Å². The van der Waals surface area contributed by atoms with Crippen molar-refractivity contribution in [2.24, 2.45) is 5.92 Å². The van der Waals surface area contributed by atoms with Gasteiger partial charge in [-0.2, -0.15) is 0 Å². The molecular formula is C17H22N2O4S. The average Bonchev–Trinajstić information content (AvgIpc) is 2.92. The van der Waals surface area contributed by atoms with Gasteiger partial charge in [-0.3, -0.25) is 14.2 Å². The minimum atomic E-state index is -0.448. The third-order valence-electron chi connectivity index (χ3n) is 4.28. The molecule has 2 aromatic heterocycles. The summed E-state index contributed by atoms with van der Waals surface area (Å²) in [5, 5.41) is 0.687. The van der Waals surface area contributed by atoms with E-state index in [1.807, 2.05) is 6.92 Å². The van der Waals surface area contributed by atoms with Crippen molar-refractivity contribution in [1.82, 2.24) is 9.55 Å². The summed E-state index contributed by atoms with van der Waals surface area (Å²) in [6.45, 7) is 5.14. The predicted molar refractivity (Wildman–Crippen MR) is 92.5 cm³/mol. The maximum Gasteiger partial charge on any atom is 0.326 e. The molecule has 0 aromatic carbocycles. The first kappa shape index (κ1) is 17.1. The predicted octanol–water partition coefficient (Wildman–Crippen LogP) is 2.16. The van der Waals surface area contributed by atoms with Gasteiger partial charge in [0, 0.05) is 11.5 Å². The molecule has 0 fully saturated rings. The summed E-state index contributed by atoms with van der Waals surface area (Å²) in [6, 6.07) is 0. The number of nitrogens with zero attached hydrogens (tertiary/aromatic N) is 2. The molecule has 1 atom stereocenters. The summed E-state index contributed by atoms with van der Waals surface area (Å²) in [6.07, 6.45) is 4.46. The van der Waals surface area contributed by atoms with Crippen molar-refractivity contribution in [3.63, 3.8) is 0 Å². The lowest BCUT2D eigenvalue weighted by molar-refractivity contribution is -0.145. The molecule has 6 nitrogen and oxygen atoms in total. The van der Waals surface area contributed by atoms with Gasteiger partial charge in [0.25, 0.3) is 5.56 Å². The number of carbonyl (C=O) groups is 1. The van der Waals surface area contributed by atoms with Crippen molar-refractivity contribution in [1.29, 1.82) is 0 Å². The number of rotatable bonds is 6. The Morgan fingerprint density at radius 1 is 1.46 bits per heavy atom. The number of aryl methyl sites for hydroxylation is 1. The molecule has 2 aromatic rings. The van der Waals surface area contributed by atoms with E-state index in [1.165, 1.54) is 15.8 Å². The van der Waals surface area contributed by atoms with Crippen LogP contribution in [-0.2, 0) is 33.7 Å². The van der Waals surface area contributed by atoms with Crippen LogP contribution in [0.4, 0.5) is 0 Å². The summed E-state index contributed by atoms with van der Waals surface area (Å²) >= 11 is 1.61. The van der Waals surface area contributed by atoms with Gasteiger partial charge in [0.05, 0.1) is 18.3 Å². The van der Waals surface area contributed by atoms with E-state index in [1.54, 1.807) is 11.3 Å². The summed E-state index contributed by atoms with van der Waals surface area (Å²) in [4.78, 5) is 31.1. The van der Waals surface area contributed by atoms with Crippen LogP contribution in [0.1, 0.15) is 30.7 Å². The molecule has 0 saturated carbocycles. The van der Waals surface area contributed by atoms with E-state index >= 15 is 0 Å². The molecule has 0 amide bonds. The Morgan fingerprint density at radius 3 is 3.08 bits per heavy atom. The van der Waals surface area contributed by atoms with Gasteiger partial charge in [-0.05, 0) is 37.7 Å². The average molecular weight is 350 g/mol. The number of fused-ring (bicyclic) bond motifs is 3. The first-order valence-corrected chi connectivity index (χ1v) is 9.14. The molecule has 0 radical (unpaired) electrons. The van der Waals surface area contributed by atoms with Gasteiger partial charge in [-0.1, -0.05) is 6.92 Å². The minimum Gasteiger partial charge on any atom is -0.462 e. The molecule has 130 valence electrons. The van der Waals surface area contributed by atoms with Crippen molar-refractivity contribution in [3.05, 3.63) is 27.1 Å². The molecule has 3 rings (SSSR count). The Morgan fingerprint density at radius 2 is 2.29 bits per heavy atom. The Bertz CT molecular complexity index is 796. The number of hydrogen-bond acceptors (Lipinski definition) is 6. The molecule has 0 spiro atoms. The zero-order valence-corrected chi connectivity index (χ0v) is 14.9. The summed E-state index contributed by atoms with van der Waals surface area (Å²) < 4.78 is 11.5. The van der Waals surface area contributed by atoms with Crippen LogP contribution in [0.5, 0.6) is 0 Å². The fourth-order valence-corrected chi connectivity index (χ4v) is 4.36. The lowest BCUT2D eigenvalue weighted by Crippen LogP contribution is -2.26. The number of carbonyl (C=O) groups excluding carboxylic acids is 1. The first-order chi connectivity index (χ1) is 11.6. The highest BCUT2D eigenvalue weighted by atomic mass is 32.1. The highest BCUT2D eigenvalue weighted by Gasteiger charge is 2.23. The van der Waals surface area contributed by atoms with E-state index < -0.39 is 5.97 Å². The topological polar surface area (TPSA) is 70.4 Å². The van der Waals surface area contributed by atoms with Crippen LogP contribution >= 0.6 is 11.3 Å². The summed E-state index contributed by atoms with van der Waals surface area (Å²) in [5.41, 5.74) is 0.985. The van der Waals surface area contributed by atoms with Gasteiger partial charge in [-0.25, -0.2) is 4.98 Å². The molecule has 0 N–H and O–H groups in total. The van der Waals surface area contributed by atoms with E-state index in [2.05, 4.69) is 11.9 Å². The van der Waals surface area contributed by atoms with E-state index in [4.69, 9.17) is 9.47 Å². The fraction of sp³-hybridized carbons (Fsp3) is 0.588. The highest BCUT2D eigenvalue weighted by Crippen LogP contribution is 2.35. The van der Waals surface area contributed by atoms with Crippen molar-refractivity contribution in [2.75, 3.05) is 19.8 Å². The third kappa shape index (κ3) is 3.52. The second kappa shape index (κ2) is 7.44. The second-order valence-electron chi connectivity index (χ2n) is 6.13. The zero-order valence-electron chi connectivity index (χ0n) is 14.0. The van der Waals surface area contributed by atoms with Crippen molar-refractivity contribution in [2.45, 2.75) is 39.7 Å². The van der Waals surface area contributed by atoms with Gasteiger partial charge >= 0.3 is 5.97 Å². The van der Waals surface area contributed by atoms with Gasteiger partial charge in [0.1, 0.15) is 18.0 Å². The number of ether oxygens (including phenoxy) is 2. The lowest BCUT2D eigenvalue weighted by Gasteiger charge is -2.17. The van der Waals surface area contributed by atoms with Gasteiger partial charge < -0.3 is 9.47 Å². The molecule has 7 heteroatoms. The molecular weight excluding hydrogens is 328 g/mol. The molecule has 1 aliphatic carbocycles. The maximum atomic E-state index is 12.8. The van der Waals surface area contributed by atoms with E-state index in [0.29, 0.717) is 24.5 Å². The van der Waals surface area contributed by atoms with Crippen LogP contribution in [0.25, 0.3) is 10.2 Å². The molecule has 0 aliphatic heterocycles. The van der Waals surface area contributed by atoms with Crippen molar-refractivity contribution < 1.29 is 14.3 Å². The van der Waals surface area contributed by atoms with Gasteiger partial charge in [0.15, 0.2) is 0 Å². The Labute approximate surface area is 144 Å². The van der Waals surface area contributed by atoms with Gasteiger partial charge in [0.2, 0.25) is 0 Å². The Kier molecular flexibility index (Phi) is 5.30. The third-order valence-corrected chi connectivity index (χ3v) is 5.44. The number of aromatic nitrogens is 2. The van der Waals surface area contributed by atoms with Crippen LogP contribution in [-0.4, -0.2) is 35.3 Å². The van der Waals surface area contributed by atoms with Crippen LogP contribution in [0.15, 0.2) is 11.1 Å². The van der Waals surface area contributed by atoms with Crippen LogP contribution in [0.3, 0.4) is 0 Å². The number of thiophene rings is 1. The lowest BCUT2D eigenvalue weighted by atomic mass is 9.89. The SMILES string of the molecule is CCOCCOC(=O)Cn1cnc2sc3c(c2c1=O)CCC(C)C3. The molecule has 0 bridgehead atoms. The Hall–Kier alpha value is -1.73. The van der Waals surface area contributed by atoms with E-state index in [9.17, 15) is 9.59 Å².